The highest BCUT2D eigenvalue weighted by Crippen LogP contribution is 2.03. The third-order valence-corrected chi connectivity index (χ3v) is 2.54. The average molecular weight is 306 g/mol. The Morgan fingerprint density at radius 2 is 0.810 bits per heavy atom. The fourth-order valence-corrected chi connectivity index (χ4v) is 1.55. The minimum atomic E-state index is -0.303. The summed E-state index contributed by atoms with van der Waals surface area (Å²) in [7, 11) is 0. The third kappa shape index (κ3) is 13.2. The lowest BCUT2D eigenvalue weighted by Crippen LogP contribution is -2.29. The van der Waals surface area contributed by atoms with E-state index in [9.17, 15) is 0 Å². The molecule has 0 heterocycles. The van der Waals surface area contributed by atoms with Gasteiger partial charge in [-0.3, -0.25) is 0 Å². The quantitative estimate of drug-likeness (QED) is 0.409. The van der Waals surface area contributed by atoms with Crippen molar-refractivity contribution in [3.63, 3.8) is 0 Å². The number of ether oxygens (including phenoxy) is 5. The molecule has 0 spiro atoms. The second kappa shape index (κ2) is 16.2. The van der Waals surface area contributed by atoms with E-state index >= 15 is 0 Å². The summed E-state index contributed by atoms with van der Waals surface area (Å²) in [6.45, 7) is 11.8. The monoisotopic (exact) mass is 306 g/mol. The molecule has 5 heteroatoms. The zero-order chi connectivity index (χ0) is 15.8. The second-order valence-electron chi connectivity index (χ2n) is 4.88. The molecule has 0 bridgehead atoms. The van der Waals surface area contributed by atoms with E-state index < -0.39 is 0 Å². The average Bonchev–Trinajstić information content (AvgIpc) is 2.51. The van der Waals surface area contributed by atoms with Gasteiger partial charge in [0.1, 0.15) is 0 Å². The van der Waals surface area contributed by atoms with Gasteiger partial charge in [0.2, 0.25) is 0 Å². The maximum atomic E-state index is 5.65. The van der Waals surface area contributed by atoms with Crippen LogP contribution in [0.2, 0.25) is 0 Å². The highest BCUT2D eigenvalue weighted by Gasteiger charge is 2.13. The van der Waals surface area contributed by atoms with Gasteiger partial charge < -0.3 is 23.7 Å². The molecule has 21 heavy (non-hydrogen) atoms. The van der Waals surface area contributed by atoms with Crippen molar-refractivity contribution >= 4 is 0 Å². The van der Waals surface area contributed by atoms with E-state index in [1.807, 2.05) is 0 Å². The summed E-state index contributed by atoms with van der Waals surface area (Å²) in [5, 5.41) is 0. The first kappa shape index (κ1) is 20.8. The first-order chi connectivity index (χ1) is 10.3. The van der Waals surface area contributed by atoms with E-state index in [2.05, 4.69) is 27.7 Å². The molecule has 0 aromatic rings. The Kier molecular flexibility index (Phi) is 16.0. The van der Waals surface area contributed by atoms with E-state index in [0.29, 0.717) is 39.6 Å². The molecule has 0 saturated heterocycles. The van der Waals surface area contributed by atoms with Gasteiger partial charge in [-0.2, -0.15) is 0 Å². The molecule has 0 aromatic heterocycles. The van der Waals surface area contributed by atoms with E-state index in [1.165, 1.54) is 0 Å². The zero-order valence-corrected chi connectivity index (χ0v) is 14.3. The normalized spacial score (nSPS) is 11.7. The highest BCUT2D eigenvalue weighted by molar-refractivity contribution is 4.47. The van der Waals surface area contributed by atoms with Crippen LogP contribution >= 0.6 is 0 Å². The molecule has 0 N–H and O–H groups in total. The molecular formula is C16H34O5. The summed E-state index contributed by atoms with van der Waals surface area (Å²) in [4.78, 5) is 0. The topological polar surface area (TPSA) is 46.2 Å². The van der Waals surface area contributed by atoms with Gasteiger partial charge in [0.15, 0.2) is 12.6 Å². The Bertz CT molecular complexity index is 165. The van der Waals surface area contributed by atoms with Crippen LogP contribution < -0.4 is 0 Å². The summed E-state index contributed by atoms with van der Waals surface area (Å²) in [6, 6.07) is 0. The lowest BCUT2D eigenvalue weighted by atomic mass is 10.5. The van der Waals surface area contributed by atoms with Crippen molar-refractivity contribution in [1.82, 2.24) is 0 Å². The van der Waals surface area contributed by atoms with Crippen LogP contribution in [0.25, 0.3) is 0 Å². The number of rotatable bonds is 16. The van der Waals surface area contributed by atoms with Crippen LogP contribution in [0.15, 0.2) is 0 Å². The van der Waals surface area contributed by atoms with Crippen molar-refractivity contribution in [2.75, 3.05) is 39.6 Å². The molecule has 0 saturated carbocycles. The lowest BCUT2D eigenvalue weighted by Gasteiger charge is -2.21. The van der Waals surface area contributed by atoms with Gasteiger partial charge in [-0.15, -0.1) is 0 Å². The smallest absolute Gasteiger partial charge is 0.180 e. The summed E-state index contributed by atoms with van der Waals surface area (Å²) >= 11 is 0. The van der Waals surface area contributed by atoms with Crippen molar-refractivity contribution in [3.05, 3.63) is 0 Å². The Hall–Kier alpha value is -0.200. The Morgan fingerprint density at radius 1 is 0.524 bits per heavy atom. The zero-order valence-electron chi connectivity index (χ0n) is 14.3. The van der Waals surface area contributed by atoms with Crippen molar-refractivity contribution < 1.29 is 23.7 Å². The molecule has 0 amide bonds. The molecule has 0 atom stereocenters. The van der Waals surface area contributed by atoms with Crippen molar-refractivity contribution in [2.24, 2.45) is 0 Å². The van der Waals surface area contributed by atoms with E-state index in [-0.39, 0.29) is 12.6 Å². The van der Waals surface area contributed by atoms with Gasteiger partial charge in [0, 0.05) is 26.4 Å². The van der Waals surface area contributed by atoms with Gasteiger partial charge in [-0.25, -0.2) is 0 Å². The van der Waals surface area contributed by atoms with Gasteiger partial charge in [-0.1, -0.05) is 27.7 Å². The molecule has 0 aliphatic carbocycles. The molecule has 0 rings (SSSR count). The van der Waals surface area contributed by atoms with Crippen LogP contribution in [0.4, 0.5) is 0 Å². The molecule has 0 aliphatic rings. The standard InChI is InChI=1S/C16H34O5/c1-5-9-18-15(19-10-6-2)13-17-14-16(20-11-7-3)21-12-8-4/h15-16H,5-14H2,1-4H3. The van der Waals surface area contributed by atoms with Crippen LogP contribution in [0.3, 0.4) is 0 Å². The molecule has 0 aromatic carbocycles. The van der Waals surface area contributed by atoms with Gasteiger partial charge in [0.25, 0.3) is 0 Å². The predicted molar refractivity (Wildman–Crippen MR) is 83.4 cm³/mol. The predicted octanol–water partition coefficient (Wildman–Crippen LogP) is 3.36. The first-order valence-electron chi connectivity index (χ1n) is 8.32. The molecule has 0 aliphatic heterocycles. The van der Waals surface area contributed by atoms with Crippen LogP contribution in [-0.4, -0.2) is 52.2 Å². The number of hydrogen-bond donors (Lipinski definition) is 0. The Balaban J connectivity index is 3.96. The van der Waals surface area contributed by atoms with Gasteiger partial charge in [-0.05, 0) is 25.7 Å². The number of hydrogen-bond acceptors (Lipinski definition) is 5. The minimum absolute atomic E-state index is 0.303. The Morgan fingerprint density at radius 3 is 1.05 bits per heavy atom. The largest absolute Gasteiger partial charge is 0.371 e. The molecule has 0 unspecified atom stereocenters. The van der Waals surface area contributed by atoms with E-state index in [1.54, 1.807) is 0 Å². The summed E-state index contributed by atoms with van der Waals surface area (Å²) in [6.07, 6.45) is 3.26. The fraction of sp³-hybridized carbons (Fsp3) is 1.00. The maximum absolute atomic E-state index is 5.65. The molecule has 0 radical (unpaired) electrons. The minimum Gasteiger partial charge on any atom is -0.371 e. The van der Waals surface area contributed by atoms with Crippen molar-refractivity contribution in [3.8, 4) is 0 Å². The maximum Gasteiger partial charge on any atom is 0.180 e. The van der Waals surface area contributed by atoms with Crippen molar-refractivity contribution in [1.29, 1.82) is 0 Å². The molecule has 128 valence electrons. The fourth-order valence-electron chi connectivity index (χ4n) is 1.55. The van der Waals surface area contributed by atoms with Crippen molar-refractivity contribution in [2.45, 2.75) is 66.0 Å². The highest BCUT2D eigenvalue weighted by atomic mass is 16.7. The summed E-state index contributed by atoms with van der Waals surface area (Å²) < 4.78 is 28.1. The second-order valence-corrected chi connectivity index (χ2v) is 4.88. The molecular weight excluding hydrogens is 272 g/mol. The van der Waals surface area contributed by atoms with Crippen LogP contribution in [-0.2, 0) is 23.7 Å². The van der Waals surface area contributed by atoms with Gasteiger partial charge in [0.05, 0.1) is 13.2 Å². The van der Waals surface area contributed by atoms with E-state index in [0.717, 1.165) is 25.7 Å². The van der Waals surface area contributed by atoms with E-state index in [4.69, 9.17) is 23.7 Å². The SMILES string of the molecule is CCCOC(COCC(OCCC)OCCC)OCCC. The molecule has 5 nitrogen and oxygen atoms in total. The lowest BCUT2D eigenvalue weighted by molar-refractivity contribution is -0.206. The molecule has 0 fully saturated rings. The third-order valence-electron chi connectivity index (χ3n) is 2.54. The first-order valence-corrected chi connectivity index (χ1v) is 8.32. The Labute approximate surface area is 130 Å². The van der Waals surface area contributed by atoms with Crippen LogP contribution in [0, 0.1) is 0 Å². The van der Waals surface area contributed by atoms with Crippen LogP contribution in [0.1, 0.15) is 53.4 Å². The van der Waals surface area contributed by atoms with Crippen LogP contribution in [0.5, 0.6) is 0 Å². The van der Waals surface area contributed by atoms with Gasteiger partial charge >= 0.3 is 0 Å². The summed E-state index contributed by atoms with van der Waals surface area (Å²) in [5.74, 6) is 0. The summed E-state index contributed by atoms with van der Waals surface area (Å²) in [5.41, 5.74) is 0.